The largest absolute Gasteiger partial charge is 0.493 e. The molecule has 4 bridgehead atoms. The van der Waals surface area contributed by atoms with Gasteiger partial charge < -0.3 is 4.74 Å². The van der Waals surface area contributed by atoms with E-state index in [1.54, 1.807) is 11.9 Å². The van der Waals surface area contributed by atoms with Crippen molar-refractivity contribution in [3.63, 3.8) is 0 Å². The molecule has 3 atom stereocenters. The molecule has 0 spiro atoms. The van der Waals surface area contributed by atoms with Crippen LogP contribution in [0.25, 0.3) is 0 Å². The summed E-state index contributed by atoms with van der Waals surface area (Å²) in [6.45, 7) is 1.70. The van der Waals surface area contributed by atoms with E-state index in [1.807, 2.05) is 0 Å². The van der Waals surface area contributed by atoms with Gasteiger partial charge in [-0.15, -0.1) is 0 Å². The van der Waals surface area contributed by atoms with Crippen LogP contribution in [0.3, 0.4) is 0 Å². The fourth-order valence-corrected chi connectivity index (χ4v) is 5.13. The van der Waals surface area contributed by atoms with Crippen molar-refractivity contribution < 1.29 is 22.7 Å². The SMILES string of the molecule is C/C(=C\Br)OC1C2CC3CC(C2)CC1(C(=O)C(F)(F)F)C3. The van der Waals surface area contributed by atoms with E-state index in [2.05, 4.69) is 15.9 Å². The molecule has 0 aromatic rings. The van der Waals surface area contributed by atoms with Gasteiger partial charge in [-0.1, -0.05) is 15.9 Å². The van der Waals surface area contributed by atoms with Crippen molar-refractivity contribution in [2.75, 3.05) is 0 Å². The van der Waals surface area contributed by atoms with Crippen LogP contribution in [-0.2, 0) is 9.53 Å². The lowest BCUT2D eigenvalue weighted by Crippen LogP contribution is -2.62. The summed E-state index contributed by atoms with van der Waals surface area (Å²) >= 11 is 3.14. The van der Waals surface area contributed by atoms with Crippen molar-refractivity contribution in [3.05, 3.63) is 10.7 Å². The molecule has 0 aliphatic heterocycles. The zero-order chi connectivity index (χ0) is 15.4. The van der Waals surface area contributed by atoms with Crippen LogP contribution in [0.2, 0.25) is 0 Å². The minimum absolute atomic E-state index is 0.0740. The molecule has 4 aliphatic carbocycles. The van der Waals surface area contributed by atoms with Crippen molar-refractivity contribution >= 4 is 21.7 Å². The molecule has 4 fully saturated rings. The van der Waals surface area contributed by atoms with Crippen LogP contribution in [-0.4, -0.2) is 18.1 Å². The molecule has 2 nitrogen and oxygen atoms in total. The molecule has 4 aliphatic rings. The number of alkyl halides is 3. The number of hydrogen-bond acceptors (Lipinski definition) is 2. The quantitative estimate of drug-likeness (QED) is 0.683. The van der Waals surface area contributed by atoms with Crippen molar-refractivity contribution in [2.45, 2.75) is 51.3 Å². The Morgan fingerprint density at radius 3 is 2.29 bits per heavy atom. The zero-order valence-electron chi connectivity index (χ0n) is 11.8. The van der Waals surface area contributed by atoms with Gasteiger partial charge in [-0.2, -0.15) is 13.2 Å². The Kier molecular flexibility index (Phi) is 3.66. The van der Waals surface area contributed by atoms with Crippen LogP contribution in [0.4, 0.5) is 13.2 Å². The van der Waals surface area contributed by atoms with Crippen LogP contribution < -0.4 is 0 Å². The van der Waals surface area contributed by atoms with Gasteiger partial charge in [0, 0.05) is 4.99 Å². The summed E-state index contributed by atoms with van der Waals surface area (Å²) in [6, 6.07) is 0. The van der Waals surface area contributed by atoms with Crippen LogP contribution in [0, 0.1) is 23.2 Å². The third-order valence-corrected chi connectivity index (χ3v) is 6.04. The first-order chi connectivity index (χ1) is 9.76. The lowest BCUT2D eigenvalue weighted by molar-refractivity contribution is -0.216. The molecule has 0 saturated heterocycles. The van der Waals surface area contributed by atoms with Gasteiger partial charge in [0.2, 0.25) is 5.78 Å². The van der Waals surface area contributed by atoms with Gasteiger partial charge >= 0.3 is 6.18 Å². The number of hydrogen-bond donors (Lipinski definition) is 0. The lowest BCUT2D eigenvalue weighted by Gasteiger charge is -2.59. The number of ether oxygens (including phenoxy) is 1. The van der Waals surface area contributed by atoms with Gasteiger partial charge in [-0.25, -0.2) is 0 Å². The normalized spacial score (nSPS) is 42.2. The second-order valence-electron chi connectivity index (χ2n) is 6.85. The first-order valence-corrected chi connectivity index (χ1v) is 8.23. The summed E-state index contributed by atoms with van der Waals surface area (Å²) in [5.41, 5.74) is -1.36. The highest BCUT2D eigenvalue weighted by atomic mass is 79.9. The predicted molar refractivity (Wildman–Crippen MR) is 74.6 cm³/mol. The highest BCUT2D eigenvalue weighted by Crippen LogP contribution is 2.62. The van der Waals surface area contributed by atoms with E-state index < -0.39 is 23.5 Å². The molecule has 0 amide bonds. The second-order valence-corrected chi connectivity index (χ2v) is 7.31. The number of Topliss-reactive ketones (excluding diaryl/α,β-unsaturated/α-hetero) is 1. The molecule has 0 radical (unpaired) electrons. The second kappa shape index (κ2) is 5.00. The van der Waals surface area contributed by atoms with E-state index in [0.717, 1.165) is 19.3 Å². The maximum Gasteiger partial charge on any atom is 0.450 e. The predicted octanol–water partition coefficient (Wildman–Crippen LogP) is 4.59. The average molecular weight is 367 g/mol. The van der Waals surface area contributed by atoms with Crippen LogP contribution in [0.15, 0.2) is 10.7 Å². The Bertz CT molecular complexity index is 472. The fourth-order valence-electron chi connectivity index (χ4n) is 5.03. The van der Waals surface area contributed by atoms with Gasteiger partial charge in [0.15, 0.2) is 0 Å². The zero-order valence-corrected chi connectivity index (χ0v) is 13.3. The molecule has 118 valence electrons. The molecule has 3 unspecified atom stereocenters. The van der Waals surface area contributed by atoms with Crippen molar-refractivity contribution in [2.24, 2.45) is 23.2 Å². The number of carbonyl (C=O) groups excluding carboxylic acids is 1. The van der Waals surface area contributed by atoms with E-state index in [-0.39, 0.29) is 17.8 Å². The molecular formula is C15H18BrF3O2. The Hall–Kier alpha value is -0.520. The first-order valence-electron chi connectivity index (χ1n) is 7.31. The molecule has 4 saturated carbocycles. The van der Waals surface area contributed by atoms with E-state index in [0.29, 0.717) is 18.6 Å². The highest BCUT2D eigenvalue weighted by molar-refractivity contribution is 9.11. The Balaban J connectivity index is 1.98. The summed E-state index contributed by atoms with van der Waals surface area (Å²) < 4.78 is 45.2. The molecule has 0 aromatic carbocycles. The average Bonchev–Trinajstić information content (AvgIpc) is 2.40. The number of halogens is 4. The Labute approximate surface area is 130 Å². The lowest BCUT2D eigenvalue weighted by atomic mass is 9.47. The molecule has 0 heterocycles. The maximum absolute atomic E-state index is 13.1. The number of ketones is 1. The summed E-state index contributed by atoms with van der Waals surface area (Å²) in [5.74, 6) is -0.461. The van der Waals surface area contributed by atoms with Crippen LogP contribution >= 0.6 is 15.9 Å². The Morgan fingerprint density at radius 1 is 1.24 bits per heavy atom. The molecular weight excluding hydrogens is 349 g/mol. The van der Waals surface area contributed by atoms with E-state index >= 15 is 0 Å². The van der Waals surface area contributed by atoms with Crippen molar-refractivity contribution in [3.8, 4) is 0 Å². The molecule has 6 heteroatoms. The summed E-state index contributed by atoms with van der Waals surface area (Å²) in [4.78, 5) is 13.7. The highest BCUT2D eigenvalue weighted by Gasteiger charge is 2.66. The minimum Gasteiger partial charge on any atom is -0.493 e. The fraction of sp³-hybridized carbons (Fsp3) is 0.800. The molecule has 4 rings (SSSR count). The van der Waals surface area contributed by atoms with Crippen molar-refractivity contribution in [1.82, 2.24) is 0 Å². The topological polar surface area (TPSA) is 26.3 Å². The molecule has 0 N–H and O–H groups in total. The number of allylic oxidation sites excluding steroid dienone is 1. The monoisotopic (exact) mass is 366 g/mol. The van der Waals surface area contributed by atoms with E-state index in [4.69, 9.17) is 4.74 Å². The molecule has 0 aromatic heterocycles. The van der Waals surface area contributed by atoms with Gasteiger partial charge in [0.05, 0.1) is 5.41 Å². The van der Waals surface area contributed by atoms with Gasteiger partial charge in [0.25, 0.3) is 0 Å². The van der Waals surface area contributed by atoms with Crippen molar-refractivity contribution in [1.29, 1.82) is 0 Å². The first kappa shape index (κ1) is 15.4. The summed E-state index contributed by atoms with van der Waals surface area (Å²) in [7, 11) is 0. The smallest absolute Gasteiger partial charge is 0.450 e. The third-order valence-electron chi connectivity index (χ3n) is 5.39. The van der Waals surface area contributed by atoms with Crippen LogP contribution in [0.5, 0.6) is 0 Å². The molecule has 21 heavy (non-hydrogen) atoms. The minimum atomic E-state index is -4.78. The van der Waals surface area contributed by atoms with Gasteiger partial charge in [-0.3, -0.25) is 4.79 Å². The standard InChI is InChI=1S/C15H18BrF3O2/c1-8(7-16)21-12-11-3-9-2-10(4-11)6-14(12,5-9)13(20)15(17,18)19/h7,9-12H,2-6H2,1H3/b8-7+. The van der Waals surface area contributed by atoms with Gasteiger partial charge in [0.1, 0.15) is 11.9 Å². The van der Waals surface area contributed by atoms with Crippen LogP contribution in [0.1, 0.15) is 39.0 Å². The van der Waals surface area contributed by atoms with E-state index in [9.17, 15) is 18.0 Å². The summed E-state index contributed by atoms with van der Waals surface area (Å²) in [6.07, 6.45) is -1.99. The summed E-state index contributed by atoms with van der Waals surface area (Å²) in [5, 5.41) is 0. The van der Waals surface area contributed by atoms with E-state index in [1.165, 1.54) is 0 Å². The third kappa shape index (κ3) is 2.43. The van der Waals surface area contributed by atoms with Gasteiger partial charge in [-0.05, 0) is 56.8 Å². The maximum atomic E-state index is 13.1. The number of rotatable bonds is 3. The number of carbonyl (C=O) groups is 1. The Morgan fingerprint density at radius 2 is 1.81 bits per heavy atom.